The van der Waals surface area contributed by atoms with E-state index in [4.69, 9.17) is 11.1 Å². The lowest BCUT2D eigenvalue weighted by molar-refractivity contribution is 0.899. The third-order valence-corrected chi connectivity index (χ3v) is 3.50. The Morgan fingerprint density at radius 1 is 1.25 bits per heavy atom. The van der Waals surface area contributed by atoms with E-state index in [1.54, 1.807) is 6.92 Å². The van der Waals surface area contributed by atoms with E-state index in [1.165, 1.54) is 17.8 Å². The molecule has 0 aliphatic heterocycles. The molecule has 2 rings (SSSR count). The van der Waals surface area contributed by atoms with Crippen molar-refractivity contribution in [2.75, 3.05) is 0 Å². The predicted octanol–water partition coefficient (Wildman–Crippen LogP) is 1.53. The number of pyridine rings is 1. The van der Waals surface area contributed by atoms with E-state index >= 15 is 0 Å². The minimum atomic E-state index is -0.214. The summed E-state index contributed by atoms with van der Waals surface area (Å²) in [5, 5.41) is 8.68. The molecule has 0 amide bonds. The molecule has 0 unspecified atom stereocenters. The van der Waals surface area contributed by atoms with Gasteiger partial charge in [0.2, 0.25) is 0 Å². The Morgan fingerprint density at radius 2 is 1.90 bits per heavy atom. The highest BCUT2D eigenvalue weighted by Gasteiger charge is 2.14. The standard InChI is InChI=1S/C13H15N5OS/c1-6-4-7(2)16-12(10(6)11(14)15)20-13-17-8(3)5-9(19)18-13/h4-5H,1-3H3,(H3,14,15)(H,17,18,19). The summed E-state index contributed by atoms with van der Waals surface area (Å²) in [5.41, 5.74) is 8.31. The van der Waals surface area contributed by atoms with Gasteiger partial charge in [0.05, 0.1) is 5.56 Å². The minimum absolute atomic E-state index is 0.0486. The van der Waals surface area contributed by atoms with Crippen LogP contribution in [0, 0.1) is 26.2 Å². The molecule has 0 bridgehead atoms. The molecule has 0 fully saturated rings. The van der Waals surface area contributed by atoms with E-state index < -0.39 is 0 Å². The van der Waals surface area contributed by atoms with Gasteiger partial charge in [-0.3, -0.25) is 10.2 Å². The molecule has 0 saturated heterocycles. The van der Waals surface area contributed by atoms with Crippen molar-refractivity contribution < 1.29 is 0 Å². The number of nitrogens with one attached hydrogen (secondary N) is 2. The third-order valence-electron chi connectivity index (χ3n) is 2.62. The Balaban J connectivity index is 2.52. The average Bonchev–Trinajstić information content (AvgIpc) is 2.25. The minimum Gasteiger partial charge on any atom is -0.384 e. The second kappa shape index (κ2) is 5.46. The van der Waals surface area contributed by atoms with E-state index in [9.17, 15) is 4.79 Å². The number of nitrogens with two attached hydrogens (primary N) is 1. The number of nitrogens with zero attached hydrogens (tertiary/aromatic N) is 2. The number of nitrogen functional groups attached to an aromatic ring is 1. The number of amidine groups is 1. The molecule has 0 radical (unpaired) electrons. The number of H-pyrrole nitrogens is 1. The molecule has 2 aromatic rings. The van der Waals surface area contributed by atoms with Crippen molar-refractivity contribution in [2.45, 2.75) is 31.0 Å². The Morgan fingerprint density at radius 3 is 2.50 bits per heavy atom. The lowest BCUT2D eigenvalue weighted by Gasteiger charge is -2.11. The molecule has 104 valence electrons. The Kier molecular flexibility index (Phi) is 3.89. The fourth-order valence-corrected chi connectivity index (χ4v) is 2.98. The number of aryl methyl sites for hydroxylation is 3. The summed E-state index contributed by atoms with van der Waals surface area (Å²) < 4.78 is 0. The first kappa shape index (κ1) is 14.3. The van der Waals surface area contributed by atoms with Gasteiger partial charge >= 0.3 is 0 Å². The topological polar surface area (TPSA) is 109 Å². The summed E-state index contributed by atoms with van der Waals surface area (Å²) in [7, 11) is 0. The van der Waals surface area contributed by atoms with Crippen LogP contribution in [0.5, 0.6) is 0 Å². The summed E-state index contributed by atoms with van der Waals surface area (Å²) in [6, 6.07) is 3.29. The number of rotatable bonds is 3. The third kappa shape index (κ3) is 3.05. The predicted molar refractivity (Wildman–Crippen MR) is 78.4 cm³/mol. The summed E-state index contributed by atoms with van der Waals surface area (Å²) in [6.07, 6.45) is 0. The number of hydrogen-bond donors (Lipinski definition) is 3. The molecule has 7 heteroatoms. The largest absolute Gasteiger partial charge is 0.384 e. The van der Waals surface area contributed by atoms with Crippen LogP contribution in [-0.4, -0.2) is 20.8 Å². The van der Waals surface area contributed by atoms with E-state index in [2.05, 4.69) is 15.0 Å². The number of aromatic nitrogens is 3. The van der Waals surface area contributed by atoms with Crippen molar-refractivity contribution in [3.63, 3.8) is 0 Å². The van der Waals surface area contributed by atoms with Gasteiger partial charge in [0.1, 0.15) is 10.9 Å². The highest BCUT2D eigenvalue weighted by atomic mass is 32.2. The van der Waals surface area contributed by atoms with Gasteiger partial charge in [-0.15, -0.1) is 0 Å². The molecule has 0 aliphatic carbocycles. The van der Waals surface area contributed by atoms with Crippen molar-refractivity contribution in [1.82, 2.24) is 15.0 Å². The quantitative estimate of drug-likeness (QED) is 0.451. The number of hydrogen-bond acceptors (Lipinski definition) is 5. The molecule has 0 aromatic carbocycles. The van der Waals surface area contributed by atoms with Gasteiger partial charge in [0.25, 0.3) is 5.56 Å². The van der Waals surface area contributed by atoms with Gasteiger partial charge in [0, 0.05) is 17.5 Å². The monoisotopic (exact) mass is 289 g/mol. The Labute approximate surface area is 120 Å². The summed E-state index contributed by atoms with van der Waals surface area (Å²) in [6.45, 7) is 5.50. The molecule has 4 N–H and O–H groups in total. The van der Waals surface area contributed by atoms with Gasteiger partial charge in [-0.1, -0.05) is 0 Å². The molecular formula is C13H15N5OS. The highest BCUT2D eigenvalue weighted by Crippen LogP contribution is 2.27. The highest BCUT2D eigenvalue weighted by molar-refractivity contribution is 7.99. The maximum absolute atomic E-state index is 11.5. The van der Waals surface area contributed by atoms with E-state index in [-0.39, 0.29) is 11.4 Å². The molecule has 2 aromatic heterocycles. The van der Waals surface area contributed by atoms with Crippen LogP contribution in [0.4, 0.5) is 0 Å². The molecule has 0 atom stereocenters. The molecule has 2 heterocycles. The molecule has 6 nitrogen and oxygen atoms in total. The van der Waals surface area contributed by atoms with Crippen LogP contribution in [0.3, 0.4) is 0 Å². The number of aromatic amines is 1. The zero-order chi connectivity index (χ0) is 14.9. The maximum Gasteiger partial charge on any atom is 0.251 e. The Bertz CT molecular complexity index is 738. The molecule has 20 heavy (non-hydrogen) atoms. The van der Waals surface area contributed by atoms with Crippen molar-refractivity contribution in [1.29, 1.82) is 5.41 Å². The maximum atomic E-state index is 11.5. The van der Waals surface area contributed by atoms with Crippen molar-refractivity contribution in [3.05, 3.63) is 45.0 Å². The van der Waals surface area contributed by atoms with Crippen LogP contribution in [-0.2, 0) is 0 Å². The van der Waals surface area contributed by atoms with Crippen molar-refractivity contribution in [3.8, 4) is 0 Å². The van der Waals surface area contributed by atoms with Crippen molar-refractivity contribution in [2.24, 2.45) is 5.73 Å². The first-order chi connectivity index (χ1) is 9.36. The van der Waals surface area contributed by atoms with Crippen molar-refractivity contribution >= 4 is 17.6 Å². The van der Waals surface area contributed by atoms with Gasteiger partial charge in [-0.25, -0.2) is 9.97 Å². The van der Waals surface area contributed by atoms with Crippen LogP contribution < -0.4 is 11.3 Å². The summed E-state index contributed by atoms with van der Waals surface area (Å²) in [4.78, 5) is 22.7. The molecule has 0 saturated carbocycles. The molecule has 0 aliphatic rings. The average molecular weight is 289 g/mol. The fourth-order valence-electron chi connectivity index (χ4n) is 1.90. The lowest BCUT2D eigenvalue weighted by Crippen LogP contribution is -2.16. The Hall–Kier alpha value is -2.15. The SMILES string of the molecule is Cc1cc(=O)[nH]c(Sc2nc(C)cc(C)c2C(=N)N)n1. The second-order valence-corrected chi connectivity index (χ2v) is 5.45. The normalized spacial score (nSPS) is 10.6. The van der Waals surface area contributed by atoms with Crippen LogP contribution >= 0.6 is 11.8 Å². The van der Waals surface area contributed by atoms with E-state index in [0.29, 0.717) is 21.4 Å². The van der Waals surface area contributed by atoms with Gasteiger partial charge in [-0.2, -0.15) is 0 Å². The van der Waals surface area contributed by atoms with Gasteiger partial charge in [0.15, 0.2) is 5.16 Å². The summed E-state index contributed by atoms with van der Waals surface area (Å²) >= 11 is 1.20. The van der Waals surface area contributed by atoms with Crippen LogP contribution in [0.2, 0.25) is 0 Å². The second-order valence-electron chi connectivity index (χ2n) is 4.47. The lowest BCUT2D eigenvalue weighted by atomic mass is 10.1. The first-order valence-corrected chi connectivity index (χ1v) is 6.77. The van der Waals surface area contributed by atoms with Crippen LogP contribution in [0.25, 0.3) is 0 Å². The fraction of sp³-hybridized carbons (Fsp3) is 0.231. The molecule has 0 spiro atoms. The van der Waals surface area contributed by atoms with Crippen LogP contribution in [0.15, 0.2) is 27.1 Å². The zero-order valence-corrected chi connectivity index (χ0v) is 12.3. The first-order valence-electron chi connectivity index (χ1n) is 5.95. The summed E-state index contributed by atoms with van der Waals surface area (Å²) in [5.74, 6) is -0.0486. The van der Waals surface area contributed by atoms with Gasteiger partial charge < -0.3 is 10.7 Å². The molecular weight excluding hydrogens is 274 g/mol. The van der Waals surface area contributed by atoms with Gasteiger partial charge in [-0.05, 0) is 44.2 Å². The smallest absolute Gasteiger partial charge is 0.251 e. The van der Waals surface area contributed by atoms with E-state index in [0.717, 1.165) is 11.3 Å². The van der Waals surface area contributed by atoms with Crippen LogP contribution in [0.1, 0.15) is 22.5 Å². The van der Waals surface area contributed by atoms with E-state index in [1.807, 2.05) is 19.9 Å². The zero-order valence-electron chi connectivity index (χ0n) is 11.4.